The van der Waals surface area contributed by atoms with Crippen LogP contribution in [0.2, 0.25) is 5.02 Å². The van der Waals surface area contributed by atoms with Crippen LogP contribution in [0.5, 0.6) is 0 Å². The van der Waals surface area contributed by atoms with Gasteiger partial charge in [-0.1, -0.05) is 11.6 Å². The van der Waals surface area contributed by atoms with Gasteiger partial charge in [0.1, 0.15) is 11.6 Å². The van der Waals surface area contributed by atoms with E-state index in [1.807, 2.05) is 0 Å². The average Bonchev–Trinajstić information content (AvgIpc) is 3.00. The normalized spacial score (nSPS) is 11.4. The highest BCUT2D eigenvalue weighted by Gasteiger charge is 2.25. The standard InChI is InChI=1S/C18H12ClF2NO3S2/c1-10-16(27(24,25)13-5-2-11(19)3-6-13)9-26-17(10)18(23)22-15-7-4-12(20)8-14(15)21/h2-9H,1H3,(H,22,23). The van der Waals surface area contributed by atoms with Gasteiger partial charge in [-0.3, -0.25) is 4.79 Å². The molecular weight excluding hydrogens is 416 g/mol. The van der Waals surface area contributed by atoms with Crippen molar-refractivity contribution >= 4 is 44.4 Å². The Morgan fingerprint density at radius 1 is 1.11 bits per heavy atom. The lowest BCUT2D eigenvalue weighted by molar-refractivity contribution is 0.102. The number of thiophene rings is 1. The summed E-state index contributed by atoms with van der Waals surface area (Å²) in [6.07, 6.45) is 0. The molecule has 0 saturated carbocycles. The molecule has 0 spiro atoms. The fourth-order valence-corrected chi connectivity index (χ4v) is 5.34. The molecule has 9 heteroatoms. The Morgan fingerprint density at radius 2 is 1.78 bits per heavy atom. The molecule has 1 amide bonds. The zero-order valence-electron chi connectivity index (χ0n) is 13.8. The van der Waals surface area contributed by atoms with Crippen LogP contribution in [-0.2, 0) is 9.84 Å². The SMILES string of the molecule is Cc1c(S(=O)(=O)c2ccc(Cl)cc2)csc1C(=O)Nc1ccc(F)cc1F. The van der Waals surface area contributed by atoms with Gasteiger partial charge in [-0.2, -0.15) is 0 Å². The molecule has 1 aromatic heterocycles. The Kier molecular flexibility index (Phi) is 5.32. The summed E-state index contributed by atoms with van der Waals surface area (Å²) in [5.74, 6) is -2.37. The number of benzene rings is 2. The predicted molar refractivity (Wildman–Crippen MR) is 100 cm³/mol. The summed E-state index contributed by atoms with van der Waals surface area (Å²) in [5.41, 5.74) is 0.0475. The van der Waals surface area contributed by atoms with Crippen LogP contribution >= 0.6 is 22.9 Å². The summed E-state index contributed by atoms with van der Waals surface area (Å²) < 4.78 is 52.2. The third-order valence-electron chi connectivity index (χ3n) is 3.79. The summed E-state index contributed by atoms with van der Waals surface area (Å²) in [6, 6.07) is 8.42. The van der Waals surface area contributed by atoms with Gasteiger partial charge in [0.15, 0.2) is 0 Å². The van der Waals surface area contributed by atoms with E-state index < -0.39 is 27.4 Å². The zero-order valence-corrected chi connectivity index (χ0v) is 16.2. The van der Waals surface area contributed by atoms with Crippen LogP contribution in [0.15, 0.2) is 57.6 Å². The average molecular weight is 428 g/mol. The maximum atomic E-state index is 13.7. The van der Waals surface area contributed by atoms with E-state index in [4.69, 9.17) is 11.6 Å². The van der Waals surface area contributed by atoms with Gasteiger partial charge in [-0.15, -0.1) is 11.3 Å². The van der Waals surface area contributed by atoms with Gasteiger partial charge < -0.3 is 5.32 Å². The summed E-state index contributed by atoms with van der Waals surface area (Å²) >= 11 is 6.71. The van der Waals surface area contributed by atoms with E-state index in [-0.39, 0.29) is 25.9 Å². The Morgan fingerprint density at radius 3 is 2.41 bits per heavy atom. The maximum absolute atomic E-state index is 13.7. The fourth-order valence-electron chi connectivity index (χ4n) is 2.40. The van der Waals surface area contributed by atoms with Crippen LogP contribution in [0.3, 0.4) is 0 Å². The van der Waals surface area contributed by atoms with Crippen LogP contribution in [0.4, 0.5) is 14.5 Å². The Labute approximate surface area is 163 Å². The molecule has 0 aliphatic heterocycles. The summed E-state index contributed by atoms with van der Waals surface area (Å²) in [6.45, 7) is 1.50. The van der Waals surface area contributed by atoms with E-state index in [0.717, 1.165) is 23.5 Å². The largest absolute Gasteiger partial charge is 0.319 e. The first-order valence-corrected chi connectivity index (χ1v) is 10.3. The molecule has 4 nitrogen and oxygen atoms in total. The molecule has 0 atom stereocenters. The molecule has 2 aromatic carbocycles. The van der Waals surface area contributed by atoms with E-state index in [0.29, 0.717) is 11.1 Å². The highest BCUT2D eigenvalue weighted by Crippen LogP contribution is 2.31. The first kappa shape index (κ1) is 19.5. The summed E-state index contributed by atoms with van der Waals surface area (Å²) in [5, 5.41) is 4.08. The van der Waals surface area contributed by atoms with Crippen molar-refractivity contribution in [1.29, 1.82) is 0 Å². The van der Waals surface area contributed by atoms with Crippen LogP contribution in [0.25, 0.3) is 0 Å². The number of rotatable bonds is 4. The number of hydrogen-bond acceptors (Lipinski definition) is 4. The van der Waals surface area contributed by atoms with Gasteiger partial charge in [-0.25, -0.2) is 17.2 Å². The van der Waals surface area contributed by atoms with Crippen LogP contribution in [0, 0.1) is 18.6 Å². The Hall–Kier alpha value is -2.29. The molecule has 0 aliphatic rings. The Bertz CT molecular complexity index is 1130. The van der Waals surface area contributed by atoms with Gasteiger partial charge in [0.2, 0.25) is 9.84 Å². The first-order chi connectivity index (χ1) is 12.7. The molecule has 0 saturated heterocycles. The predicted octanol–water partition coefficient (Wildman–Crippen LogP) is 5.07. The number of anilines is 1. The monoisotopic (exact) mass is 427 g/mol. The summed E-state index contributed by atoms with van der Waals surface area (Å²) in [4.78, 5) is 12.6. The molecule has 0 radical (unpaired) electrons. The van der Waals surface area contributed by atoms with E-state index in [9.17, 15) is 22.0 Å². The number of sulfone groups is 1. The van der Waals surface area contributed by atoms with Gasteiger partial charge in [0.05, 0.1) is 20.4 Å². The van der Waals surface area contributed by atoms with Crippen LogP contribution in [0.1, 0.15) is 15.2 Å². The quantitative estimate of drug-likeness (QED) is 0.632. The number of carbonyl (C=O) groups excluding carboxylic acids is 1. The minimum atomic E-state index is -3.84. The molecule has 140 valence electrons. The first-order valence-electron chi connectivity index (χ1n) is 7.55. The molecular formula is C18H12ClF2NO3S2. The van der Waals surface area contributed by atoms with Gasteiger partial charge in [-0.05, 0) is 48.9 Å². The second-order valence-electron chi connectivity index (χ2n) is 5.59. The van der Waals surface area contributed by atoms with Crippen molar-refractivity contribution in [1.82, 2.24) is 0 Å². The highest BCUT2D eigenvalue weighted by molar-refractivity contribution is 7.91. The van der Waals surface area contributed by atoms with Crippen molar-refractivity contribution in [3.8, 4) is 0 Å². The van der Waals surface area contributed by atoms with E-state index in [2.05, 4.69) is 5.32 Å². The molecule has 0 aliphatic carbocycles. The lowest BCUT2D eigenvalue weighted by Gasteiger charge is -2.07. The number of nitrogens with one attached hydrogen (secondary N) is 1. The minimum Gasteiger partial charge on any atom is -0.319 e. The van der Waals surface area contributed by atoms with Crippen molar-refractivity contribution in [3.05, 3.63) is 74.9 Å². The van der Waals surface area contributed by atoms with Crippen molar-refractivity contribution < 1.29 is 22.0 Å². The third kappa shape index (κ3) is 3.87. The summed E-state index contributed by atoms with van der Waals surface area (Å²) in [7, 11) is -3.84. The van der Waals surface area contributed by atoms with Crippen molar-refractivity contribution in [2.45, 2.75) is 16.7 Å². The van der Waals surface area contributed by atoms with Crippen molar-refractivity contribution in [3.63, 3.8) is 0 Å². The molecule has 1 heterocycles. The molecule has 0 fully saturated rings. The lowest BCUT2D eigenvalue weighted by Crippen LogP contribution is -2.13. The van der Waals surface area contributed by atoms with Gasteiger partial charge in [0, 0.05) is 16.5 Å². The molecule has 3 aromatic rings. The third-order valence-corrected chi connectivity index (χ3v) is 7.17. The number of amides is 1. The molecule has 1 N–H and O–H groups in total. The van der Waals surface area contributed by atoms with Crippen LogP contribution in [-0.4, -0.2) is 14.3 Å². The van der Waals surface area contributed by atoms with Crippen molar-refractivity contribution in [2.24, 2.45) is 0 Å². The van der Waals surface area contributed by atoms with Crippen molar-refractivity contribution in [2.75, 3.05) is 5.32 Å². The van der Waals surface area contributed by atoms with E-state index in [1.54, 1.807) is 0 Å². The highest BCUT2D eigenvalue weighted by atomic mass is 35.5. The number of hydrogen-bond donors (Lipinski definition) is 1. The minimum absolute atomic E-state index is 0.0143. The number of halogens is 3. The maximum Gasteiger partial charge on any atom is 0.266 e. The Balaban J connectivity index is 1.92. The number of carbonyl (C=O) groups is 1. The topological polar surface area (TPSA) is 63.2 Å². The second kappa shape index (κ2) is 7.38. The second-order valence-corrected chi connectivity index (χ2v) is 8.82. The molecule has 0 unspecified atom stereocenters. The lowest BCUT2D eigenvalue weighted by atomic mass is 10.2. The van der Waals surface area contributed by atoms with Gasteiger partial charge >= 0.3 is 0 Å². The van der Waals surface area contributed by atoms with E-state index in [1.165, 1.54) is 36.6 Å². The van der Waals surface area contributed by atoms with Gasteiger partial charge in [0.25, 0.3) is 5.91 Å². The molecule has 0 bridgehead atoms. The zero-order chi connectivity index (χ0) is 19.8. The molecule has 3 rings (SSSR count). The molecule has 27 heavy (non-hydrogen) atoms. The van der Waals surface area contributed by atoms with E-state index >= 15 is 0 Å². The smallest absolute Gasteiger partial charge is 0.266 e. The van der Waals surface area contributed by atoms with Crippen LogP contribution < -0.4 is 5.32 Å². The fraction of sp³-hybridized carbons (Fsp3) is 0.0556.